The number of hydrogen-bond acceptors (Lipinski definition) is 6. The number of nitrogens with zero attached hydrogens (tertiary/aromatic N) is 7. The van der Waals surface area contributed by atoms with Gasteiger partial charge in [-0.1, -0.05) is 18.2 Å². The molecule has 31 heavy (non-hydrogen) atoms. The number of nitrogens with one attached hydrogen (secondary N) is 1. The molecule has 0 aliphatic rings. The van der Waals surface area contributed by atoms with Gasteiger partial charge in [-0.15, -0.1) is 5.10 Å². The third-order valence-electron chi connectivity index (χ3n) is 4.90. The van der Waals surface area contributed by atoms with Gasteiger partial charge < -0.3 is 5.32 Å². The van der Waals surface area contributed by atoms with Gasteiger partial charge in [-0.25, -0.2) is 19.2 Å². The Hall–Kier alpha value is -4.51. The van der Waals surface area contributed by atoms with Gasteiger partial charge in [0.25, 0.3) is 0 Å². The SMILES string of the molecule is Cc1cccc(-n2nc(NCc3cccc(C#N)c3)cc2-c2ccc3ncnn3c2)n1. The van der Waals surface area contributed by atoms with E-state index in [1.165, 1.54) is 6.33 Å². The highest BCUT2D eigenvalue weighted by Gasteiger charge is 2.14. The van der Waals surface area contributed by atoms with E-state index in [1.807, 2.05) is 72.4 Å². The second-order valence-electron chi connectivity index (χ2n) is 7.11. The second kappa shape index (κ2) is 7.72. The lowest BCUT2D eigenvalue weighted by Crippen LogP contribution is -2.05. The molecule has 0 radical (unpaired) electrons. The van der Waals surface area contributed by atoms with Crippen molar-refractivity contribution in [1.29, 1.82) is 5.26 Å². The van der Waals surface area contributed by atoms with E-state index in [9.17, 15) is 0 Å². The molecule has 0 atom stereocenters. The van der Waals surface area contributed by atoms with Crippen LogP contribution in [-0.4, -0.2) is 29.4 Å². The van der Waals surface area contributed by atoms with E-state index in [-0.39, 0.29) is 0 Å². The number of nitriles is 1. The minimum absolute atomic E-state index is 0.551. The Labute approximate surface area is 178 Å². The molecular weight excluding hydrogens is 388 g/mol. The van der Waals surface area contributed by atoms with E-state index in [0.29, 0.717) is 17.9 Å². The summed E-state index contributed by atoms with van der Waals surface area (Å²) in [6.45, 7) is 2.50. The van der Waals surface area contributed by atoms with Gasteiger partial charge in [0.05, 0.1) is 17.3 Å². The molecule has 0 fully saturated rings. The zero-order chi connectivity index (χ0) is 21.2. The standard InChI is InChI=1S/C23H18N8/c1-16-4-2-7-23(28-16)31-20(19-8-9-22-26-15-27-30(22)14-19)11-21(29-31)25-13-18-6-3-5-17(10-18)12-24/h2-11,14-15H,13H2,1H3,(H,25,29). The molecule has 0 aliphatic heterocycles. The highest BCUT2D eigenvalue weighted by molar-refractivity contribution is 5.66. The number of rotatable bonds is 5. The maximum absolute atomic E-state index is 9.12. The first-order chi connectivity index (χ1) is 15.2. The molecule has 0 bridgehead atoms. The van der Waals surface area contributed by atoms with Crippen LogP contribution in [0.15, 0.2) is 73.2 Å². The van der Waals surface area contributed by atoms with Crippen LogP contribution in [0.25, 0.3) is 22.7 Å². The highest BCUT2D eigenvalue weighted by Crippen LogP contribution is 2.26. The van der Waals surface area contributed by atoms with Gasteiger partial charge in [-0.05, 0) is 48.9 Å². The van der Waals surface area contributed by atoms with Crippen LogP contribution in [0.2, 0.25) is 0 Å². The largest absolute Gasteiger partial charge is 0.364 e. The van der Waals surface area contributed by atoms with Crippen LogP contribution in [0, 0.1) is 18.3 Å². The Morgan fingerprint density at radius 2 is 1.97 bits per heavy atom. The maximum Gasteiger partial charge on any atom is 0.155 e. The van der Waals surface area contributed by atoms with Crippen molar-refractivity contribution in [1.82, 2.24) is 29.4 Å². The Balaban J connectivity index is 1.54. The van der Waals surface area contributed by atoms with E-state index in [1.54, 1.807) is 10.6 Å². The molecule has 0 unspecified atom stereocenters. The maximum atomic E-state index is 9.12. The molecule has 0 spiro atoms. The highest BCUT2D eigenvalue weighted by atomic mass is 15.3. The molecule has 8 heteroatoms. The van der Waals surface area contributed by atoms with Gasteiger partial charge in [0.2, 0.25) is 0 Å². The van der Waals surface area contributed by atoms with Crippen molar-refractivity contribution in [2.45, 2.75) is 13.5 Å². The zero-order valence-corrected chi connectivity index (χ0v) is 16.8. The smallest absolute Gasteiger partial charge is 0.155 e. The van der Waals surface area contributed by atoms with E-state index in [4.69, 9.17) is 10.4 Å². The summed E-state index contributed by atoms with van der Waals surface area (Å²) in [6, 6.07) is 21.4. The van der Waals surface area contributed by atoms with Crippen LogP contribution < -0.4 is 5.32 Å². The van der Waals surface area contributed by atoms with Gasteiger partial charge in [-0.2, -0.15) is 10.4 Å². The molecule has 0 aliphatic carbocycles. The molecular formula is C23H18N8. The van der Waals surface area contributed by atoms with Gasteiger partial charge >= 0.3 is 0 Å². The topological polar surface area (TPSA) is 96.7 Å². The van der Waals surface area contributed by atoms with E-state index in [0.717, 1.165) is 34.0 Å². The second-order valence-corrected chi connectivity index (χ2v) is 7.11. The quantitative estimate of drug-likeness (QED) is 0.477. The summed E-state index contributed by atoms with van der Waals surface area (Å²) in [5.74, 6) is 1.44. The van der Waals surface area contributed by atoms with Gasteiger partial charge in [0, 0.05) is 30.1 Å². The molecule has 4 aromatic heterocycles. The van der Waals surface area contributed by atoms with Gasteiger partial charge in [0.15, 0.2) is 11.5 Å². The molecule has 0 saturated carbocycles. The van der Waals surface area contributed by atoms with Crippen molar-refractivity contribution < 1.29 is 0 Å². The number of fused-ring (bicyclic) bond motifs is 1. The van der Waals surface area contributed by atoms with Crippen molar-refractivity contribution in [2.24, 2.45) is 0 Å². The predicted octanol–water partition coefficient (Wildman–Crippen LogP) is 3.77. The van der Waals surface area contributed by atoms with Crippen molar-refractivity contribution in [3.63, 3.8) is 0 Å². The minimum atomic E-state index is 0.551. The van der Waals surface area contributed by atoms with Crippen LogP contribution in [0.4, 0.5) is 5.82 Å². The summed E-state index contributed by atoms with van der Waals surface area (Å²) in [4.78, 5) is 8.85. The first-order valence-corrected chi connectivity index (χ1v) is 9.76. The third-order valence-corrected chi connectivity index (χ3v) is 4.90. The van der Waals surface area contributed by atoms with Crippen LogP contribution in [0.1, 0.15) is 16.8 Å². The number of anilines is 1. The first kappa shape index (κ1) is 18.5. The monoisotopic (exact) mass is 406 g/mol. The lowest BCUT2D eigenvalue weighted by molar-refractivity contribution is 0.844. The average Bonchev–Trinajstić information content (AvgIpc) is 3.44. The third kappa shape index (κ3) is 3.72. The number of benzene rings is 1. The molecule has 4 heterocycles. The van der Waals surface area contributed by atoms with Crippen molar-refractivity contribution in [3.8, 4) is 23.1 Å². The fraction of sp³-hybridized carbons (Fsp3) is 0.0870. The number of aryl methyl sites for hydroxylation is 1. The first-order valence-electron chi connectivity index (χ1n) is 9.76. The fourth-order valence-corrected chi connectivity index (χ4v) is 3.41. The molecule has 8 nitrogen and oxygen atoms in total. The molecule has 1 aromatic carbocycles. The Morgan fingerprint density at radius 3 is 2.84 bits per heavy atom. The number of aromatic nitrogens is 6. The predicted molar refractivity (Wildman–Crippen MR) is 117 cm³/mol. The lowest BCUT2D eigenvalue weighted by Gasteiger charge is -2.07. The summed E-state index contributed by atoms with van der Waals surface area (Å²) in [5, 5.41) is 21.5. The minimum Gasteiger partial charge on any atom is -0.364 e. The van der Waals surface area contributed by atoms with Crippen LogP contribution in [-0.2, 0) is 6.54 Å². The van der Waals surface area contributed by atoms with E-state index < -0.39 is 0 Å². The summed E-state index contributed by atoms with van der Waals surface area (Å²) >= 11 is 0. The van der Waals surface area contributed by atoms with E-state index >= 15 is 0 Å². The lowest BCUT2D eigenvalue weighted by atomic mass is 10.1. The summed E-state index contributed by atoms with van der Waals surface area (Å²) in [5.41, 5.74) is 5.15. The van der Waals surface area contributed by atoms with Crippen LogP contribution >= 0.6 is 0 Å². The summed E-state index contributed by atoms with van der Waals surface area (Å²) in [7, 11) is 0. The Morgan fingerprint density at radius 1 is 1.06 bits per heavy atom. The van der Waals surface area contributed by atoms with Crippen molar-refractivity contribution in [2.75, 3.05) is 5.32 Å². The Bertz CT molecular complexity index is 1420. The summed E-state index contributed by atoms with van der Waals surface area (Å²) in [6.07, 6.45) is 3.45. The summed E-state index contributed by atoms with van der Waals surface area (Å²) < 4.78 is 3.55. The number of pyridine rings is 2. The van der Waals surface area contributed by atoms with Crippen LogP contribution in [0.3, 0.4) is 0 Å². The molecule has 0 amide bonds. The molecule has 5 aromatic rings. The van der Waals surface area contributed by atoms with Crippen molar-refractivity contribution in [3.05, 3.63) is 90.0 Å². The average molecular weight is 406 g/mol. The molecule has 0 saturated heterocycles. The molecule has 5 rings (SSSR count). The Kier molecular flexibility index (Phi) is 4.61. The van der Waals surface area contributed by atoms with Gasteiger partial charge in [-0.3, -0.25) is 0 Å². The van der Waals surface area contributed by atoms with Crippen molar-refractivity contribution >= 4 is 11.5 Å². The normalized spacial score (nSPS) is 10.8. The van der Waals surface area contributed by atoms with E-state index in [2.05, 4.69) is 26.5 Å². The molecule has 1 N–H and O–H groups in total. The fourth-order valence-electron chi connectivity index (χ4n) is 3.41. The van der Waals surface area contributed by atoms with Gasteiger partial charge in [0.1, 0.15) is 12.1 Å². The number of hydrogen-bond donors (Lipinski definition) is 1. The van der Waals surface area contributed by atoms with Crippen LogP contribution in [0.5, 0.6) is 0 Å². The zero-order valence-electron chi connectivity index (χ0n) is 16.8. The molecule has 150 valence electrons.